The second kappa shape index (κ2) is 5.78. The van der Waals surface area contributed by atoms with Crippen molar-refractivity contribution in [1.82, 2.24) is 9.97 Å². The lowest BCUT2D eigenvalue weighted by molar-refractivity contribution is 0.455. The molecule has 0 aliphatic rings. The first-order chi connectivity index (χ1) is 9.24. The quantitative estimate of drug-likeness (QED) is 0.912. The maximum atomic E-state index is 13.4. The van der Waals surface area contributed by atoms with Gasteiger partial charge in [0.25, 0.3) is 0 Å². The molecule has 19 heavy (non-hydrogen) atoms. The van der Waals surface area contributed by atoms with E-state index in [1.54, 1.807) is 6.07 Å². The van der Waals surface area contributed by atoms with E-state index in [0.29, 0.717) is 12.5 Å². The van der Waals surface area contributed by atoms with Crippen molar-refractivity contribution >= 4 is 5.95 Å². The molecule has 0 aliphatic heterocycles. The van der Waals surface area contributed by atoms with Gasteiger partial charge in [0.2, 0.25) is 11.8 Å². The zero-order chi connectivity index (χ0) is 13.7. The molecule has 0 fully saturated rings. The lowest BCUT2D eigenvalue weighted by atomic mass is 10.2. The van der Waals surface area contributed by atoms with E-state index in [9.17, 15) is 4.39 Å². The van der Waals surface area contributed by atoms with Gasteiger partial charge in [0.1, 0.15) is 23.2 Å². The fourth-order valence-electron chi connectivity index (χ4n) is 1.45. The molecule has 0 radical (unpaired) electrons. The minimum absolute atomic E-state index is 0.128. The summed E-state index contributed by atoms with van der Waals surface area (Å²) in [4.78, 5) is 8.08. The van der Waals surface area contributed by atoms with E-state index in [0.717, 1.165) is 0 Å². The Morgan fingerprint density at radius 1 is 1.42 bits per heavy atom. The summed E-state index contributed by atoms with van der Waals surface area (Å²) in [5, 5.41) is 11.8. The van der Waals surface area contributed by atoms with Gasteiger partial charge in [-0.25, -0.2) is 9.37 Å². The third-order valence-electron chi connectivity index (χ3n) is 2.27. The highest BCUT2D eigenvalue weighted by molar-refractivity contribution is 5.45. The predicted octanol–water partition coefficient (Wildman–Crippen LogP) is 2.71. The molecule has 1 aromatic carbocycles. The molecule has 0 unspecified atom stereocenters. The molecule has 0 amide bonds. The maximum Gasteiger partial charge on any atom is 0.225 e. The van der Waals surface area contributed by atoms with Gasteiger partial charge in [0, 0.05) is 18.8 Å². The lowest BCUT2D eigenvalue weighted by Gasteiger charge is -2.08. The summed E-state index contributed by atoms with van der Waals surface area (Å²) in [6, 6.07) is 7.48. The Balaban J connectivity index is 2.29. The van der Waals surface area contributed by atoms with Crippen molar-refractivity contribution in [3.63, 3.8) is 0 Å². The molecule has 1 heterocycles. The number of hydrogen-bond acceptors (Lipinski definition) is 5. The number of nitrogens with one attached hydrogen (secondary N) is 1. The van der Waals surface area contributed by atoms with E-state index < -0.39 is 5.82 Å². The summed E-state index contributed by atoms with van der Waals surface area (Å²) in [5.41, 5.74) is -0.147. The standard InChI is InChI=1S/C13H11FN4O/c1-2-16-13-17-7-6-12(18-13)19-11-5-3-4-10(14)9(11)8-15/h3-7H,2H2,1H3,(H,16,17,18). The minimum Gasteiger partial charge on any atom is -0.437 e. The van der Waals surface area contributed by atoms with Crippen LogP contribution in [0.1, 0.15) is 12.5 Å². The predicted molar refractivity (Wildman–Crippen MR) is 67.4 cm³/mol. The SMILES string of the molecule is CCNc1nccc(Oc2cccc(F)c2C#N)n1. The van der Waals surface area contributed by atoms with Crippen LogP contribution < -0.4 is 10.1 Å². The molecule has 0 bridgehead atoms. The number of anilines is 1. The van der Waals surface area contributed by atoms with E-state index in [1.807, 2.05) is 6.92 Å². The fraction of sp³-hybridized carbons (Fsp3) is 0.154. The van der Waals surface area contributed by atoms with Crippen LogP contribution in [0.2, 0.25) is 0 Å². The Morgan fingerprint density at radius 3 is 3.00 bits per heavy atom. The molecule has 6 heteroatoms. The number of nitriles is 1. The van der Waals surface area contributed by atoms with Crippen molar-refractivity contribution in [3.05, 3.63) is 41.8 Å². The summed E-state index contributed by atoms with van der Waals surface area (Å²) in [6.07, 6.45) is 1.52. The van der Waals surface area contributed by atoms with Crippen LogP contribution in [0.25, 0.3) is 0 Å². The smallest absolute Gasteiger partial charge is 0.225 e. The third-order valence-corrected chi connectivity index (χ3v) is 2.27. The monoisotopic (exact) mass is 258 g/mol. The number of halogens is 1. The largest absolute Gasteiger partial charge is 0.437 e. The Labute approximate surface area is 109 Å². The molecule has 1 aromatic heterocycles. The summed E-state index contributed by atoms with van der Waals surface area (Å²) in [6.45, 7) is 2.59. The first kappa shape index (κ1) is 12.8. The zero-order valence-electron chi connectivity index (χ0n) is 10.2. The first-order valence-corrected chi connectivity index (χ1v) is 5.68. The van der Waals surface area contributed by atoms with Crippen LogP contribution in [-0.2, 0) is 0 Å². The van der Waals surface area contributed by atoms with Gasteiger partial charge < -0.3 is 10.1 Å². The number of benzene rings is 1. The molecule has 5 nitrogen and oxygen atoms in total. The number of rotatable bonds is 4. The summed E-state index contributed by atoms with van der Waals surface area (Å²) in [7, 11) is 0. The number of aromatic nitrogens is 2. The Kier molecular flexibility index (Phi) is 3.88. The maximum absolute atomic E-state index is 13.4. The molecule has 0 saturated carbocycles. The highest BCUT2D eigenvalue weighted by Gasteiger charge is 2.10. The van der Waals surface area contributed by atoms with Crippen LogP contribution in [0, 0.1) is 17.1 Å². The highest BCUT2D eigenvalue weighted by Crippen LogP contribution is 2.25. The highest BCUT2D eigenvalue weighted by atomic mass is 19.1. The van der Waals surface area contributed by atoms with Crippen LogP contribution in [0.5, 0.6) is 11.6 Å². The van der Waals surface area contributed by atoms with Crippen molar-refractivity contribution in [2.45, 2.75) is 6.92 Å². The third kappa shape index (κ3) is 2.96. The first-order valence-electron chi connectivity index (χ1n) is 5.68. The van der Waals surface area contributed by atoms with E-state index in [2.05, 4.69) is 15.3 Å². The van der Waals surface area contributed by atoms with Crippen molar-refractivity contribution in [3.8, 4) is 17.7 Å². The summed E-state index contributed by atoms with van der Waals surface area (Å²) in [5.74, 6) is 0.160. The molecular weight excluding hydrogens is 247 g/mol. The van der Waals surface area contributed by atoms with Crippen molar-refractivity contribution in [2.24, 2.45) is 0 Å². The number of hydrogen-bond donors (Lipinski definition) is 1. The van der Waals surface area contributed by atoms with Gasteiger partial charge in [-0.3, -0.25) is 0 Å². The van der Waals surface area contributed by atoms with Crippen LogP contribution in [0.4, 0.5) is 10.3 Å². The molecule has 2 aromatic rings. The average molecular weight is 258 g/mol. The Bertz CT molecular complexity index is 624. The fourth-order valence-corrected chi connectivity index (χ4v) is 1.45. The molecule has 1 N–H and O–H groups in total. The summed E-state index contributed by atoms with van der Waals surface area (Å²) < 4.78 is 18.8. The molecule has 0 atom stereocenters. The van der Waals surface area contributed by atoms with Gasteiger partial charge in [-0.15, -0.1) is 0 Å². The molecule has 2 rings (SSSR count). The number of nitrogens with zero attached hydrogens (tertiary/aromatic N) is 3. The van der Waals surface area contributed by atoms with Gasteiger partial charge in [0.15, 0.2) is 0 Å². The average Bonchev–Trinajstić information content (AvgIpc) is 2.40. The van der Waals surface area contributed by atoms with Crippen LogP contribution in [0.3, 0.4) is 0 Å². The van der Waals surface area contributed by atoms with Crippen molar-refractivity contribution in [1.29, 1.82) is 5.26 Å². The second-order valence-electron chi connectivity index (χ2n) is 3.58. The molecular formula is C13H11FN4O. The molecule has 0 saturated heterocycles. The zero-order valence-corrected chi connectivity index (χ0v) is 10.2. The van der Waals surface area contributed by atoms with Crippen molar-refractivity contribution in [2.75, 3.05) is 11.9 Å². The van der Waals surface area contributed by atoms with Crippen LogP contribution in [-0.4, -0.2) is 16.5 Å². The lowest BCUT2D eigenvalue weighted by Crippen LogP contribution is -2.02. The summed E-state index contributed by atoms with van der Waals surface area (Å²) >= 11 is 0. The van der Waals surface area contributed by atoms with Gasteiger partial charge in [0.05, 0.1) is 0 Å². The van der Waals surface area contributed by atoms with Gasteiger partial charge in [-0.1, -0.05) is 6.07 Å². The number of ether oxygens (including phenoxy) is 1. The van der Waals surface area contributed by atoms with Gasteiger partial charge in [-0.2, -0.15) is 10.2 Å². The Morgan fingerprint density at radius 2 is 2.26 bits per heavy atom. The molecule has 0 spiro atoms. The van der Waals surface area contributed by atoms with Crippen LogP contribution >= 0.6 is 0 Å². The van der Waals surface area contributed by atoms with E-state index >= 15 is 0 Å². The van der Waals surface area contributed by atoms with E-state index in [-0.39, 0.29) is 17.2 Å². The van der Waals surface area contributed by atoms with Gasteiger partial charge >= 0.3 is 0 Å². The minimum atomic E-state index is -0.624. The molecule has 0 aliphatic carbocycles. The van der Waals surface area contributed by atoms with Gasteiger partial charge in [-0.05, 0) is 19.1 Å². The normalized spacial score (nSPS) is 9.74. The van der Waals surface area contributed by atoms with E-state index in [1.165, 1.54) is 30.5 Å². The van der Waals surface area contributed by atoms with Crippen molar-refractivity contribution < 1.29 is 9.13 Å². The second-order valence-corrected chi connectivity index (χ2v) is 3.58. The topological polar surface area (TPSA) is 70.8 Å². The molecule has 96 valence electrons. The van der Waals surface area contributed by atoms with Crippen LogP contribution in [0.15, 0.2) is 30.5 Å². The Hall–Kier alpha value is -2.68. The van der Waals surface area contributed by atoms with E-state index in [4.69, 9.17) is 10.00 Å².